The van der Waals surface area contributed by atoms with E-state index in [1.807, 2.05) is 24.3 Å². The molecule has 1 amide bonds. The van der Waals surface area contributed by atoms with Gasteiger partial charge in [0.2, 0.25) is 5.91 Å². The Morgan fingerprint density at radius 1 is 1.45 bits per heavy atom. The molecule has 1 heterocycles. The molecule has 0 N–H and O–H groups in total. The van der Waals surface area contributed by atoms with Crippen LogP contribution in [-0.2, 0) is 20.9 Å². The summed E-state index contributed by atoms with van der Waals surface area (Å²) in [4.78, 5) is 27.5. The molecule has 1 aromatic carbocycles. The smallest absolute Gasteiger partial charge is 0.413 e. The van der Waals surface area contributed by atoms with E-state index in [1.54, 1.807) is 12.0 Å². The van der Waals surface area contributed by atoms with Gasteiger partial charge in [-0.1, -0.05) is 12.1 Å². The first-order chi connectivity index (χ1) is 10.6. The summed E-state index contributed by atoms with van der Waals surface area (Å²) in [5.41, 5.74) is 9.26. The van der Waals surface area contributed by atoms with Gasteiger partial charge in [0.15, 0.2) is 0 Å². The normalized spacial score (nSPS) is 17.6. The standard InChI is InChI=1S/C15H17N3O4/c1-21-12-4-2-11(3-5-12)9-18-10-13(6-7-14(18)19)22-15(20)8-17-16/h2-5,8,13H,6-7,9-10H2,1H3/t13-/m0/s1. The van der Waals surface area contributed by atoms with Crippen molar-refractivity contribution in [2.24, 2.45) is 0 Å². The lowest BCUT2D eigenvalue weighted by Gasteiger charge is -2.31. The minimum absolute atomic E-state index is 0.0268. The zero-order valence-electron chi connectivity index (χ0n) is 12.3. The molecule has 1 aliphatic heterocycles. The number of carbonyl (C=O) groups is 2. The van der Waals surface area contributed by atoms with Gasteiger partial charge < -0.3 is 19.9 Å². The van der Waals surface area contributed by atoms with E-state index in [0.717, 1.165) is 11.3 Å². The second-order valence-electron chi connectivity index (χ2n) is 4.96. The molecule has 1 aliphatic rings. The van der Waals surface area contributed by atoms with Gasteiger partial charge >= 0.3 is 12.2 Å². The van der Waals surface area contributed by atoms with Crippen LogP contribution in [0, 0.1) is 0 Å². The summed E-state index contributed by atoms with van der Waals surface area (Å²) in [7, 11) is 1.60. The molecule has 0 aliphatic carbocycles. The molecule has 1 saturated heterocycles. The number of nitrogens with zero attached hydrogens (tertiary/aromatic N) is 3. The minimum atomic E-state index is -0.716. The van der Waals surface area contributed by atoms with Crippen molar-refractivity contribution in [2.45, 2.75) is 25.5 Å². The van der Waals surface area contributed by atoms with Gasteiger partial charge in [0.05, 0.1) is 13.7 Å². The molecule has 0 bridgehead atoms. The van der Waals surface area contributed by atoms with Gasteiger partial charge in [-0.2, -0.15) is 4.79 Å². The highest BCUT2D eigenvalue weighted by atomic mass is 16.5. The Bertz CT molecular complexity index is 593. The molecular weight excluding hydrogens is 286 g/mol. The number of piperidine rings is 1. The van der Waals surface area contributed by atoms with Crippen molar-refractivity contribution in [3.8, 4) is 5.75 Å². The van der Waals surface area contributed by atoms with E-state index in [-0.39, 0.29) is 12.0 Å². The van der Waals surface area contributed by atoms with Gasteiger partial charge in [-0.05, 0) is 24.1 Å². The number of hydrogen-bond acceptors (Lipinski definition) is 4. The predicted molar refractivity (Wildman–Crippen MR) is 77.2 cm³/mol. The SMILES string of the molecule is COc1ccc(CN2C[C@@H](OC(=O)C=[N+]=[N-])CCC2=O)cc1. The van der Waals surface area contributed by atoms with Crippen LogP contribution in [0.1, 0.15) is 18.4 Å². The second kappa shape index (κ2) is 7.38. The molecule has 1 atom stereocenters. The minimum Gasteiger partial charge on any atom is -0.497 e. The quantitative estimate of drug-likeness (QED) is 0.351. The van der Waals surface area contributed by atoms with E-state index in [0.29, 0.717) is 32.1 Å². The number of benzene rings is 1. The molecular formula is C15H17N3O4. The summed E-state index contributed by atoms with van der Waals surface area (Å²) in [5.74, 6) is 0.0639. The fourth-order valence-electron chi connectivity index (χ4n) is 2.32. The molecule has 0 aromatic heterocycles. The highest BCUT2D eigenvalue weighted by Gasteiger charge is 2.28. The maximum absolute atomic E-state index is 12.0. The van der Waals surface area contributed by atoms with E-state index in [9.17, 15) is 9.59 Å². The van der Waals surface area contributed by atoms with Crippen LogP contribution in [0.5, 0.6) is 5.75 Å². The van der Waals surface area contributed by atoms with Crippen LogP contribution in [0.15, 0.2) is 24.3 Å². The van der Waals surface area contributed by atoms with Crippen LogP contribution >= 0.6 is 0 Å². The van der Waals surface area contributed by atoms with Crippen LogP contribution in [0.2, 0.25) is 0 Å². The Balaban J connectivity index is 1.97. The lowest BCUT2D eigenvalue weighted by atomic mass is 10.1. The summed E-state index contributed by atoms with van der Waals surface area (Å²) in [6.45, 7) is 0.779. The summed E-state index contributed by atoms with van der Waals surface area (Å²) in [6.07, 6.45) is 1.11. The van der Waals surface area contributed by atoms with E-state index >= 15 is 0 Å². The maximum atomic E-state index is 12.0. The monoisotopic (exact) mass is 303 g/mol. The van der Waals surface area contributed by atoms with E-state index in [1.165, 1.54) is 0 Å². The van der Waals surface area contributed by atoms with Gasteiger partial charge in [0, 0.05) is 13.0 Å². The first kappa shape index (κ1) is 15.7. The van der Waals surface area contributed by atoms with Crippen LogP contribution in [-0.4, -0.2) is 47.5 Å². The number of methoxy groups -OCH3 is 1. The topological polar surface area (TPSA) is 92.2 Å². The van der Waals surface area contributed by atoms with Crippen LogP contribution < -0.4 is 4.74 Å². The number of likely N-dealkylation sites (tertiary alicyclic amines) is 1. The molecule has 0 unspecified atom stereocenters. The number of esters is 1. The molecule has 7 nitrogen and oxygen atoms in total. The van der Waals surface area contributed by atoms with Gasteiger partial charge in [-0.15, -0.1) is 0 Å². The van der Waals surface area contributed by atoms with Crippen LogP contribution in [0.4, 0.5) is 0 Å². The molecule has 0 spiro atoms. The predicted octanol–water partition coefficient (Wildman–Crippen LogP) is 1.03. The molecule has 1 aromatic rings. The fourth-order valence-corrected chi connectivity index (χ4v) is 2.32. The Morgan fingerprint density at radius 2 is 2.18 bits per heavy atom. The average molecular weight is 303 g/mol. The molecule has 0 saturated carbocycles. The van der Waals surface area contributed by atoms with Crippen LogP contribution in [0.25, 0.3) is 5.53 Å². The van der Waals surface area contributed by atoms with Gasteiger partial charge in [0.25, 0.3) is 0 Å². The van der Waals surface area contributed by atoms with Crippen molar-refractivity contribution >= 4 is 18.1 Å². The summed E-state index contributed by atoms with van der Waals surface area (Å²) in [6, 6.07) is 7.44. The second-order valence-corrected chi connectivity index (χ2v) is 4.96. The van der Waals surface area contributed by atoms with E-state index < -0.39 is 5.97 Å². The van der Waals surface area contributed by atoms with Crippen molar-refractivity contribution in [1.29, 1.82) is 0 Å². The molecule has 0 radical (unpaired) electrons. The van der Waals surface area contributed by atoms with Gasteiger partial charge in [0.1, 0.15) is 11.9 Å². The van der Waals surface area contributed by atoms with Crippen molar-refractivity contribution in [1.82, 2.24) is 4.90 Å². The molecule has 22 heavy (non-hydrogen) atoms. The zero-order chi connectivity index (χ0) is 15.9. The average Bonchev–Trinajstić information content (AvgIpc) is 2.51. The number of hydrogen-bond donors (Lipinski definition) is 0. The summed E-state index contributed by atoms with van der Waals surface area (Å²) in [5, 5.41) is 0. The van der Waals surface area contributed by atoms with Crippen molar-refractivity contribution < 1.29 is 23.9 Å². The van der Waals surface area contributed by atoms with E-state index in [2.05, 4.69) is 4.79 Å². The Kier molecular flexibility index (Phi) is 5.27. The van der Waals surface area contributed by atoms with Gasteiger partial charge in [-0.25, -0.2) is 4.79 Å². The Hall–Kier alpha value is -2.66. The molecule has 1 fully saturated rings. The number of carbonyl (C=O) groups excluding carboxylic acids is 2. The third kappa shape index (κ3) is 4.17. The molecule has 7 heteroatoms. The highest BCUT2D eigenvalue weighted by Crippen LogP contribution is 2.19. The lowest BCUT2D eigenvalue weighted by Crippen LogP contribution is -2.43. The van der Waals surface area contributed by atoms with Crippen LogP contribution in [0.3, 0.4) is 0 Å². The number of ether oxygens (including phenoxy) is 2. The number of amides is 1. The first-order valence-electron chi connectivity index (χ1n) is 6.91. The van der Waals surface area contributed by atoms with E-state index in [4.69, 9.17) is 15.0 Å². The Labute approximate surface area is 128 Å². The first-order valence-corrected chi connectivity index (χ1v) is 6.91. The third-order valence-electron chi connectivity index (χ3n) is 3.44. The Morgan fingerprint density at radius 3 is 2.82 bits per heavy atom. The fraction of sp³-hybridized carbons (Fsp3) is 0.400. The van der Waals surface area contributed by atoms with Crippen molar-refractivity contribution in [3.05, 3.63) is 35.4 Å². The molecule has 116 valence electrons. The molecule has 2 rings (SSSR count). The largest absolute Gasteiger partial charge is 0.497 e. The third-order valence-corrected chi connectivity index (χ3v) is 3.44. The maximum Gasteiger partial charge on any atom is 0.413 e. The summed E-state index contributed by atoms with van der Waals surface area (Å²) < 4.78 is 10.2. The zero-order valence-corrected chi connectivity index (χ0v) is 12.3. The van der Waals surface area contributed by atoms with Gasteiger partial charge in [-0.3, -0.25) is 4.79 Å². The van der Waals surface area contributed by atoms with Crippen molar-refractivity contribution in [2.75, 3.05) is 13.7 Å². The highest BCUT2D eigenvalue weighted by molar-refractivity contribution is 6.20. The lowest BCUT2D eigenvalue weighted by molar-refractivity contribution is -0.152. The number of rotatable bonds is 5. The van der Waals surface area contributed by atoms with Crippen molar-refractivity contribution in [3.63, 3.8) is 0 Å². The summed E-state index contributed by atoms with van der Waals surface area (Å²) >= 11 is 0.